The van der Waals surface area contributed by atoms with Gasteiger partial charge in [-0.2, -0.15) is 9.97 Å². The van der Waals surface area contributed by atoms with Crippen molar-refractivity contribution in [2.75, 3.05) is 5.73 Å². The standard InChI is InChI=1S/C12H14N4S/c13-12-15-10(8-4-1-2-5-8)14-11(16-12)9-6-3-7-17-9/h3,6-8H,1-2,4-5H2,(H2,13,14,15,16). The van der Waals surface area contributed by atoms with Crippen LogP contribution in [-0.2, 0) is 0 Å². The van der Waals surface area contributed by atoms with Crippen LogP contribution in [0.25, 0.3) is 10.7 Å². The summed E-state index contributed by atoms with van der Waals surface area (Å²) in [6, 6.07) is 4.01. The maximum atomic E-state index is 5.78. The molecular formula is C12H14N4S. The van der Waals surface area contributed by atoms with Gasteiger partial charge in [-0.25, -0.2) is 4.98 Å². The van der Waals surface area contributed by atoms with Gasteiger partial charge in [0.1, 0.15) is 5.82 Å². The number of rotatable bonds is 2. The fourth-order valence-corrected chi connectivity index (χ4v) is 2.95. The van der Waals surface area contributed by atoms with Gasteiger partial charge >= 0.3 is 0 Å². The SMILES string of the molecule is Nc1nc(-c2cccs2)nc(C2CCCC2)n1. The number of thiophene rings is 1. The van der Waals surface area contributed by atoms with Gasteiger partial charge in [0.2, 0.25) is 5.95 Å². The minimum absolute atomic E-state index is 0.338. The van der Waals surface area contributed by atoms with E-state index in [1.54, 1.807) is 11.3 Å². The van der Waals surface area contributed by atoms with E-state index in [2.05, 4.69) is 15.0 Å². The van der Waals surface area contributed by atoms with Crippen molar-refractivity contribution in [2.45, 2.75) is 31.6 Å². The molecule has 0 bridgehead atoms. The van der Waals surface area contributed by atoms with Crippen LogP contribution in [0.1, 0.15) is 37.4 Å². The van der Waals surface area contributed by atoms with E-state index in [-0.39, 0.29) is 0 Å². The lowest BCUT2D eigenvalue weighted by Crippen LogP contribution is -2.07. The molecule has 1 fully saturated rings. The van der Waals surface area contributed by atoms with E-state index in [1.165, 1.54) is 25.7 Å². The predicted octanol–water partition coefficient (Wildman–Crippen LogP) is 2.84. The van der Waals surface area contributed by atoms with Crippen LogP contribution in [-0.4, -0.2) is 15.0 Å². The van der Waals surface area contributed by atoms with Crippen molar-refractivity contribution >= 4 is 17.3 Å². The highest BCUT2D eigenvalue weighted by molar-refractivity contribution is 7.13. The molecule has 0 spiro atoms. The summed E-state index contributed by atoms with van der Waals surface area (Å²) < 4.78 is 0. The highest BCUT2D eigenvalue weighted by Gasteiger charge is 2.21. The second-order valence-corrected chi connectivity index (χ2v) is 5.28. The molecule has 0 saturated heterocycles. The van der Waals surface area contributed by atoms with Crippen molar-refractivity contribution in [2.24, 2.45) is 0 Å². The van der Waals surface area contributed by atoms with Gasteiger partial charge in [-0.05, 0) is 24.3 Å². The first-order valence-corrected chi connectivity index (χ1v) is 6.76. The molecule has 2 aromatic heterocycles. The van der Waals surface area contributed by atoms with Gasteiger partial charge in [-0.3, -0.25) is 0 Å². The molecule has 17 heavy (non-hydrogen) atoms. The number of nitrogens with zero attached hydrogens (tertiary/aromatic N) is 3. The summed E-state index contributed by atoms with van der Waals surface area (Å²) in [5.74, 6) is 2.40. The molecule has 2 N–H and O–H groups in total. The van der Waals surface area contributed by atoms with E-state index in [0.717, 1.165) is 16.5 Å². The Morgan fingerprint density at radius 3 is 2.71 bits per heavy atom. The normalized spacial score (nSPS) is 16.5. The lowest BCUT2D eigenvalue weighted by molar-refractivity contribution is 0.665. The van der Waals surface area contributed by atoms with Crippen LogP contribution < -0.4 is 5.73 Å². The predicted molar refractivity (Wildman–Crippen MR) is 68.8 cm³/mol. The Labute approximate surface area is 104 Å². The molecule has 2 heterocycles. The molecule has 4 nitrogen and oxygen atoms in total. The monoisotopic (exact) mass is 246 g/mol. The van der Waals surface area contributed by atoms with Crippen LogP contribution in [0.4, 0.5) is 5.95 Å². The van der Waals surface area contributed by atoms with Gasteiger partial charge in [-0.1, -0.05) is 18.9 Å². The number of hydrogen-bond acceptors (Lipinski definition) is 5. The summed E-state index contributed by atoms with van der Waals surface area (Å²) >= 11 is 1.63. The van der Waals surface area contributed by atoms with E-state index in [0.29, 0.717) is 11.9 Å². The van der Waals surface area contributed by atoms with Crippen molar-refractivity contribution in [3.05, 3.63) is 23.3 Å². The molecular weight excluding hydrogens is 232 g/mol. The second kappa shape index (κ2) is 4.41. The number of nitrogens with two attached hydrogens (primary N) is 1. The van der Waals surface area contributed by atoms with E-state index in [9.17, 15) is 0 Å². The van der Waals surface area contributed by atoms with Gasteiger partial charge in [0.25, 0.3) is 0 Å². The first-order valence-electron chi connectivity index (χ1n) is 5.88. The second-order valence-electron chi connectivity index (χ2n) is 4.33. The fraction of sp³-hybridized carbons (Fsp3) is 0.417. The molecule has 0 amide bonds. The topological polar surface area (TPSA) is 64.7 Å². The molecule has 5 heteroatoms. The van der Waals surface area contributed by atoms with Crippen molar-refractivity contribution in [3.8, 4) is 10.7 Å². The van der Waals surface area contributed by atoms with E-state index >= 15 is 0 Å². The Morgan fingerprint density at radius 2 is 2.00 bits per heavy atom. The molecule has 0 aliphatic heterocycles. The number of anilines is 1. The zero-order valence-corrected chi connectivity index (χ0v) is 10.3. The van der Waals surface area contributed by atoms with Crippen LogP contribution >= 0.6 is 11.3 Å². The highest BCUT2D eigenvalue weighted by atomic mass is 32.1. The summed E-state index contributed by atoms with van der Waals surface area (Å²) in [6.45, 7) is 0. The number of nitrogen functional groups attached to an aromatic ring is 1. The lowest BCUT2D eigenvalue weighted by Gasteiger charge is -2.08. The Hall–Kier alpha value is -1.49. The molecule has 0 aromatic carbocycles. The Morgan fingerprint density at radius 1 is 1.18 bits per heavy atom. The smallest absolute Gasteiger partial charge is 0.223 e. The first-order chi connectivity index (χ1) is 8.33. The molecule has 3 rings (SSSR count). The van der Waals surface area contributed by atoms with Gasteiger partial charge in [-0.15, -0.1) is 11.3 Å². The summed E-state index contributed by atoms with van der Waals surface area (Å²) in [7, 11) is 0. The number of aromatic nitrogens is 3. The van der Waals surface area contributed by atoms with Crippen molar-refractivity contribution < 1.29 is 0 Å². The average Bonchev–Trinajstić information content (AvgIpc) is 3.02. The van der Waals surface area contributed by atoms with Gasteiger partial charge in [0.15, 0.2) is 5.82 Å². The Kier molecular flexibility index (Phi) is 2.76. The van der Waals surface area contributed by atoms with Crippen molar-refractivity contribution in [1.82, 2.24) is 15.0 Å². The quantitative estimate of drug-likeness (QED) is 0.885. The molecule has 0 atom stereocenters. The fourth-order valence-electron chi connectivity index (χ4n) is 2.29. The zero-order valence-electron chi connectivity index (χ0n) is 9.47. The number of hydrogen-bond donors (Lipinski definition) is 1. The van der Waals surface area contributed by atoms with Gasteiger partial charge < -0.3 is 5.73 Å². The lowest BCUT2D eigenvalue weighted by atomic mass is 10.1. The molecule has 88 valence electrons. The van der Waals surface area contributed by atoms with Gasteiger partial charge in [0, 0.05) is 5.92 Å². The third-order valence-electron chi connectivity index (χ3n) is 3.13. The Balaban J connectivity index is 2.00. The molecule has 1 aliphatic carbocycles. The molecule has 0 unspecified atom stereocenters. The molecule has 1 saturated carbocycles. The van der Waals surface area contributed by atoms with E-state index in [4.69, 9.17) is 5.73 Å². The van der Waals surface area contributed by atoms with E-state index < -0.39 is 0 Å². The third-order valence-corrected chi connectivity index (χ3v) is 4.00. The molecule has 1 aliphatic rings. The van der Waals surface area contributed by atoms with Crippen molar-refractivity contribution in [3.63, 3.8) is 0 Å². The highest BCUT2D eigenvalue weighted by Crippen LogP contribution is 2.33. The van der Waals surface area contributed by atoms with Crippen LogP contribution in [0.3, 0.4) is 0 Å². The maximum absolute atomic E-state index is 5.78. The van der Waals surface area contributed by atoms with Gasteiger partial charge in [0.05, 0.1) is 4.88 Å². The Bertz CT molecular complexity index is 503. The summed E-state index contributed by atoms with van der Waals surface area (Å²) in [4.78, 5) is 14.1. The molecule has 0 radical (unpaired) electrons. The minimum Gasteiger partial charge on any atom is -0.368 e. The largest absolute Gasteiger partial charge is 0.368 e. The maximum Gasteiger partial charge on any atom is 0.223 e. The van der Waals surface area contributed by atoms with Crippen molar-refractivity contribution in [1.29, 1.82) is 0 Å². The van der Waals surface area contributed by atoms with Crippen LogP contribution in [0.5, 0.6) is 0 Å². The summed E-state index contributed by atoms with van der Waals surface area (Å²) in [5.41, 5.74) is 5.78. The van der Waals surface area contributed by atoms with Crippen LogP contribution in [0.2, 0.25) is 0 Å². The average molecular weight is 246 g/mol. The zero-order chi connectivity index (χ0) is 11.7. The minimum atomic E-state index is 0.338. The first kappa shape index (κ1) is 10.7. The summed E-state index contributed by atoms with van der Waals surface area (Å²) in [6.07, 6.45) is 4.88. The van der Waals surface area contributed by atoms with Crippen LogP contribution in [0, 0.1) is 0 Å². The summed E-state index contributed by atoms with van der Waals surface area (Å²) in [5, 5.41) is 2.02. The van der Waals surface area contributed by atoms with Crippen LogP contribution in [0.15, 0.2) is 17.5 Å². The molecule has 2 aromatic rings. The third kappa shape index (κ3) is 2.15. The van der Waals surface area contributed by atoms with E-state index in [1.807, 2.05) is 17.5 Å².